The van der Waals surface area contributed by atoms with Gasteiger partial charge in [-0.2, -0.15) is 0 Å². The first-order valence-corrected chi connectivity index (χ1v) is 10.2. The Bertz CT molecular complexity index is 1090. The molecule has 1 aliphatic rings. The van der Waals surface area contributed by atoms with Crippen molar-refractivity contribution in [3.63, 3.8) is 0 Å². The zero-order chi connectivity index (χ0) is 21.3. The van der Waals surface area contributed by atoms with E-state index in [0.717, 1.165) is 23.6 Å². The molecule has 1 amide bonds. The van der Waals surface area contributed by atoms with E-state index in [4.69, 9.17) is 16.0 Å². The van der Waals surface area contributed by atoms with Gasteiger partial charge in [0.25, 0.3) is 5.91 Å². The lowest BCUT2D eigenvalue weighted by molar-refractivity contribution is 0.0729. The van der Waals surface area contributed by atoms with Gasteiger partial charge in [0.15, 0.2) is 5.78 Å². The van der Waals surface area contributed by atoms with Crippen LogP contribution in [0.3, 0.4) is 0 Å². The predicted molar refractivity (Wildman–Crippen MR) is 123 cm³/mol. The molecule has 31 heavy (non-hydrogen) atoms. The standard InChI is InChI=1S/C24H23ClN2O3.ClH/c1-26(2)15-21-13-19-14-27(11-10-22(19)30-21)24(29)17-8-6-16(7-9-17)23(28)18-4-3-5-20(25)12-18;/h3-9,12-13H,10-11,14-15H2,1-2H3;1H. The summed E-state index contributed by atoms with van der Waals surface area (Å²) in [6.07, 6.45) is 0.708. The van der Waals surface area contributed by atoms with Crippen molar-refractivity contribution in [2.75, 3.05) is 20.6 Å². The molecule has 0 atom stereocenters. The minimum absolute atomic E-state index is 0. The number of rotatable bonds is 5. The summed E-state index contributed by atoms with van der Waals surface area (Å²) in [6.45, 7) is 1.89. The number of hydrogen-bond donors (Lipinski definition) is 0. The average Bonchev–Trinajstić information content (AvgIpc) is 3.13. The lowest BCUT2D eigenvalue weighted by atomic mass is 10.0. The molecule has 5 nitrogen and oxygen atoms in total. The Hall–Kier alpha value is -2.60. The molecule has 4 rings (SSSR count). The fraction of sp³-hybridized carbons (Fsp3) is 0.250. The Labute approximate surface area is 193 Å². The number of halogens is 2. The SMILES string of the molecule is CN(C)Cc1cc2c(o1)CCN(C(=O)c1ccc(C(=O)c3cccc(Cl)c3)cc1)C2.Cl. The second-order valence-electron chi connectivity index (χ2n) is 7.79. The van der Waals surface area contributed by atoms with Crippen LogP contribution in [0.5, 0.6) is 0 Å². The van der Waals surface area contributed by atoms with Crippen LogP contribution < -0.4 is 0 Å². The number of benzene rings is 2. The van der Waals surface area contributed by atoms with Crippen LogP contribution in [0.25, 0.3) is 0 Å². The van der Waals surface area contributed by atoms with E-state index < -0.39 is 0 Å². The summed E-state index contributed by atoms with van der Waals surface area (Å²) in [4.78, 5) is 29.5. The third-order valence-corrected chi connectivity index (χ3v) is 5.39. The van der Waals surface area contributed by atoms with Crippen LogP contribution in [0.2, 0.25) is 5.02 Å². The molecule has 1 aliphatic heterocycles. The first-order valence-electron chi connectivity index (χ1n) is 9.85. The van der Waals surface area contributed by atoms with Gasteiger partial charge in [0.1, 0.15) is 11.5 Å². The summed E-state index contributed by atoms with van der Waals surface area (Å²) in [7, 11) is 4.00. The molecule has 0 radical (unpaired) electrons. The van der Waals surface area contributed by atoms with Gasteiger partial charge in [-0.1, -0.05) is 35.9 Å². The second kappa shape index (κ2) is 9.69. The average molecular weight is 459 g/mol. The third-order valence-electron chi connectivity index (χ3n) is 5.16. The molecule has 0 saturated carbocycles. The van der Waals surface area contributed by atoms with Gasteiger partial charge in [0, 0.05) is 46.8 Å². The molecule has 7 heteroatoms. The van der Waals surface area contributed by atoms with Crippen molar-refractivity contribution in [1.29, 1.82) is 0 Å². The number of fused-ring (bicyclic) bond motifs is 1. The van der Waals surface area contributed by atoms with E-state index in [-0.39, 0.29) is 24.1 Å². The topological polar surface area (TPSA) is 53.8 Å². The number of amides is 1. The lowest BCUT2D eigenvalue weighted by Crippen LogP contribution is -2.35. The Morgan fingerprint density at radius 3 is 2.42 bits per heavy atom. The molecule has 0 spiro atoms. The number of ketones is 1. The summed E-state index contributed by atoms with van der Waals surface area (Å²) < 4.78 is 5.92. The van der Waals surface area contributed by atoms with Crippen molar-refractivity contribution in [2.45, 2.75) is 19.5 Å². The largest absolute Gasteiger partial charge is 0.464 e. The Balaban J connectivity index is 0.00000272. The maximum Gasteiger partial charge on any atom is 0.254 e. The van der Waals surface area contributed by atoms with Gasteiger partial charge in [-0.3, -0.25) is 9.59 Å². The smallest absolute Gasteiger partial charge is 0.254 e. The fourth-order valence-electron chi connectivity index (χ4n) is 3.70. The van der Waals surface area contributed by atoms with E-state index in [2.05, 4.69) is 4.90 Å². The van der Waals surface area contributed by atoms with E-state index in [1.165, 1.54) is 0 Å². The summed E-state index contributed by atoms with van der Waals surface area (Å²) in [5.41, 5.74) is 2.69. The lowest BCUT2D eigenvalue weighted by Gasteiger charge is -2.26. The number of furan rings is 1. The maximum atomic E-state index is 13.0. The molecule has 3 aromatic rings. The zero-order valence-electron chi connectivity index (χ0n) is 17.4. The van der Waals surface area contributed by atoms with Crippen LogP contribution in [0.15, 0.2) is 59.0 Å². The van der Waals surface area contributed by atoms with E-state index in [0.29, 0.717) is 41.2 Å². The van der Waals surface area contributed by atoms with Crippen molar-refractivity contribution in [3.8, 4) is 0 Å². The number of nitrogens with zero attached hydrogens (tertiary/aromatic N) is 2. The normalized spacial score (nSPS) is 13.0. The van der Waals surface area contributed by atoms with E-state index in [1.54, 1.807) is 48.5 Å². The van der Waals surface area contributed by atoms with Crippen molar-refractivity contribution in [3.05, 3.63) is 93.4 Å². The Morgan fingerprint density at radius 1 is 1.03 bits per heavy atom. The molecular formula is C24H24Cl2N2O3. The highest BCUT2D eigenvalue weighted by Crippen LogP contribution is 2.25. The van der Waals surface area contributed by atoms with Gasteiger partial charge in [-0.15, -0.1) is 12.4 Å². The van der Waals surface area contributed by atoms with Gasteiger partial charge in [-0.05, 0) is 44.4 Å². The minimum atomic E-state index is -0.120. The maximum absolute atomic E-state index is 13.0. The minimum Gasteiger partial charge on any atom is -0.464 e. The predicted octanol–water partition coefficient (Wildman–Crippen LogP) is 4.85. The highest BCUT2D eigenvalue weighted by Gasteiger charge is 2.25. The van der Waals surface area contributed by atoms with Crippen LogP contribution in [-0.4, -0.2) is 42.1 Å². The molecular weight excluding hydrogens is 435 g/mol. The van der Waals surface area contributed by atoms with Crippen molar-refractivity contribution < 1.29 is 14.0 Å². The zero-order valence-corrected chi connectivity index (χ0v) is 19.0. The van der Waals surface area contributed by atoms with Gasteiger partial charge < -0.3 is 14.2 Å². The van der Waals surface area contributed by atoms with Crippen molar-refractivity contribution in [2.24, 2.45) is 0 Å². The molecule has 1 aromatic heterocycles. The quantitative estimate of drug-likeness (QED) is 0.512. The third kappa shape index (κ3) is 5.18. The van der Waals surface area contributed by atoms with Gasteiger partial charge in [-0.25, -0.2) is 0 Å². The summed E-state index contributed by atoms with van der Waals surface area (Å²) >= 11 is 5.98. The molecule has 162 valence electrons. The van der Waals surface area contributed by atoms with E-state index in [1.807, 2.05) is 25.1 Å². The first-order chi connectivity index (χ1) is 14.4. The van der Waals surface area contributed by atoms with Gasteiger partial charge in [0.05, 0.1) is 6.54 Å². The summed E-state index contributed by atoms with van der Waals surface area (Å²) in [5, 5.41) is 0.519. The van der Waals surface area contributed by atoms with Crippen LogP contribution >= 0.6 is 24.0 Å². The van der Waals surface area contributed by atoms with Crippen LogP contribution in [0.1, 0.15) is 43.4 Å². The molecule has 0 aliphatic carbocycles. The molecule has 2 aromatic carbocycles. The highest BCUT2D eigenvalue weighted by molar-refractivity contribution is 6.31. The van der Waals surface area contributed by atoms with E-state index in [9.17, 15) is 9.59 Å². The molecule has 0 unspecified atom stereocenters. The fourth-order valence-corrected chi connectivity index (χ4v) is 3.89. The molecule has 0 saturated heterocycles. The first kappa shape index (κ1) is 23.1. The Morgan fingerprint density at radius 2 is 1.74 bits per heavy atom. The monoisotopic (exact) mass is 458 g/mol. The number of hydrogen-bond acceptors (Lipinski definition) is 4. The highest BCUT2D eigenvalue weighted by atomic mass is 35.5. The Kier molecular flexibility index (Phi) is 7.21. The summed E-state index contributed by atoms with van der Waals surface area (Å²) in [6, 6.07) is 15.7. The van der Waals surface area contributed by atoms with Crippen LogP contribution in [-0.2, 0) is 19.5 Å². The van der Waals surface area contributed by atoms with Crippen molar-refractivity contribution >= 4 is 35.7 Å². The van der Waals surface area contributed by atoms with E-state index >= 15 is 0 Å². The summed E-state index contributed by atoms with van der Waals surface area (Å²) in [5.74, 6) is 1.73. The van der Waals surface area contributed by atoms with Crippen LogP contribution in [0.4, 0.5) is 0 Å². The molecule has 2 heterocycles. The van der Waals surface area contributed by atoms with Gasteiger partial charge >= 0.3 is 0 Å². The molecule has 0 N–H and O–H groups in total. The second-order valence-corrected chi connectivity index (χ2v) is 8.23. The number of carbonyl (C=O) groups is 2. The van der Waals surface area contributed by atoms with Crippen LogP contribution in [0, 0.1) is 0 Å². The molecule has 0 fully saturated rings. The van der Waals surface area contributed by atoms with Gasteiger partial charge in [0.2, 0.25) is 0 Å². The number of carbonyl (C=O) groups excluding carboxylic acids is 2. The molecule has 0 bridgehead atoms. The van der Waals surface area contributed by atoms with Crippen molar-refractivity contribution in [1.82, 2.24) is 9.80 Å².